The molecule has 0 unspecified atom stereocenters. The fraction of sp³-hybridized carbons (Fsp3) is 0.286. The van der Waals surface area contributed by atoms with Crippen molar-refractivity contribution in [3.8, 4) is 17.2 Å². The van der Waals surface area contributed by atoms with E-state index >= 15 is 0 Å². The molecule has 61 heavy (non-hydrogen) atoms. The van der Waals surface area contributed by atoms with Crippen LogP contribution in [-0.2, 0) is 33.3 Å². The van der Waals surface area contributed by atoms with Crippen LogP contribution in [0.1, 0.15) is 89.3 Å². The predicted molar refractivity (Wildman–Crippen MR) is 229 cm³/mol. The number of hydrogen-bond acceptors (Lipinski definition) is 12. The quantitative estimate of drug-likeness (QED) is 0.0185. The van der Waals surface area contributed by atoms with Crippen molar-refractivity contribution in [2.45, 2.75) is 57.5 Å². The largest absolute Gasteiger partial charge is 0.494 e. The van der Waals surface area contributed by atoms with Crippen LogP contribution in [0.15, 0.2) is 135 Å². The lowest BCUT2D eigenvalue weighted by Crippen LogP contribution is -2.18. The molecule has 4 rings (SSSR count). The van der Waals surface area contributed by atoms with Crippen LogP contribution in [0.5, 0.6) is 17.2 Å². The number of carbonyl (C=O) groups excluding carboxylic acids is 5. The van der Waals surface area contributed by atoms with Gasteiger partial charge in [-0.05, 0) is 129 Å². The fourth-order valence-corrected chi connectivity index (χ4v) is 5.59. The highest BCUT2D eigenvalue weighted by Gasteiger charge is 2.19. The minimum atomic E-state index is -0.861. The fourth-order valence-electron chi connectivity index (χ4n) is 5.59. The van der Waals surface area contributed by atoms with Gasteiger partial charge in [-0.2, -0.15) is 0 Å². The average Bonchev–Trinajstić information content (AvgIpc) is 3.29. The molecule has 1 atom stereocenters. The van der Waals surface area contributed by atoms with Crippen molar-refractivity contribution in [3.05, 3.63) is 157 Å². The van der Waals surface area contributed by atoms with Crippen molar-refractivity contribution < 1.29 is 57.1 Å². The zero-order valence-corrected chi connectivity index (χ0v) is 34.2. The van der Waals surface area contributed by atoms with E-state index in [1.807, 2.05) is 6.07 Å². The zero-order valence-electron chi connectivity index (χ0n) is 34.2. The number of benzene rings is 4. The molecule has 0 N–H and O–H groups in total. The lowest BCUT2D eigenvalue weighted by Gasteiger charge is -2.17. The molecule has 0 bridgehead atoms. The van der Waals surface area contributed by atoms with E-state index in [1.54, 1.807) is 103 Å². The second kappa shape index (κ2) is 26.9. The maximum Gasteiger partial charge on any atom is 0.343 e. The summed E-state index contributed by atoms with van der Waals surface area (Å²) in [5, 5.41) is 0. The van der Waals surface area contributed by atoms with Crippen molar-refractivity contribution in [1.82, 2.24) is 0 Å². The Morgan fingerprint density at radius 3 is 1.48 bits per heavy atom. The molecule has 0 saturated heterocycles. The second-order valence-electron chi connectivity index (χ2n) is 13.5. The van der Waals surface area contributed by atoms with Gasteiger partial charge in [0.05, 0.1) is 37.6 Å². The Morgan fingerprint density at radius 1 is 0.492 bits per heavy atom. The predicted octanol–water partition coefficient (Wildman–Crippen LogP) is 9.40. The van der Waals surface area contributed by atoms with E-state index < -0.39 is 36.0 Å². The topological polar surface area (TPSA) is 150 Å². The molecular weight excluding hydrogens is 781 g/mol. The molecular formula is C49H52O12. The summed E-state index contributed by atoms with van der Waals surface area (Å²) in [6, 6.07) is 28.9. The van der Waals surface area contributed by atoms with Crippen LogP contribution in [0.4, 0.5) is 0 Å². The Kier molecular flexibility index (Phi) is 20.6. The molecule has 0 amide bonds. The van der Waals surface area contributed by atoms with Crippen molar-refractivity contribution >= 4 is 35.9 Å². The van der Waals surface area contributed by atoms with Crippen molar-refractivity contribution in [2.75, 3.05) is 33.0 Å². The second-order valence-corrected chi connectivity index (χ2v) is 13.5. The van der Waals surface area contributed by atoms with Crippen LogP contribution in [0, 0.1) is 0 Å². The Hall–Kier alpha value is -6.95. The smallest absolute Gasteiger partial charge is 0.343 e. The van der Waals surface area contributed by atoms with Gasteiger partial charge in [0.25, 0.3) is 0 Å². The van der Waals surface area contributed by atoms with Gasteiger partial charge >= 0.3 is 29.8 Å². The van der Waals surface area contributed by atoms with Gasteiger partial charge in [0.15, 0.2) is 6.10 Å². The van der Waals surface area contributed by atoms with Crippen LogP contribution >= 0.6 is 0 Å². The highest BCUT2D eigenvalue weighted by Crippen LogP contribution is 2.22. The Bertz CT molecular complexity index is 2020. The SMILES string of the molecule is C=CC(=O)OCCCCCCOc1ccc(C(=O)OC[C@H](OC(=O)/C=C/c2ccc(OC(=O)c3ccc(OCCCCCCOC(=O)C=C)cc3)cc2)c2ccccc2)cc1. The van der Waals surface area contributed by atoms with Crippen molar-refractivity contribution in [2.24, 2.45) is 0 Å². The van der Waals surface area contributed by atoms with Crippen LogP contribution < -0.4 is 14.2 Å². The Morgan fingerprint density at radius 2 is 0.967 bits per heavy atom. The lowest BCUT2D eigenvalue weighted by molar-refractivity contribution is -0.145. The normalized spacial score (nSPS) is 11.1. The molecule has 12 heteroatoms. The van der Waals surface area contributed by atoms with E-state index in [-0.39, 0.29) is 6.61 Å². The number of rotatable bonds is 27. The van der Waals surface area contributed by atoms with Crippen LogP contribution in [0.3, 0.4) is 0 Å². The Balaban J connectivity index is 1.17. The van der Waals surface area contributed by atoms with Gasteiger partial charge in [-0.15, -0.1) is 0 Å². The zero-order chi connectivity index (χ0) is 43.5. The van der Waals surface area contributed by atoms with E-state index in [4.69, 9.17) is 33.2 Å². The average molecular weight is 833 g/mol. The molecule has 0 aromatic heterocycles. The molecule has 0 aliphatic heterocycles. The summed E-state index contributed by atoms with van der Waals surface area (Å²) in [7, 11) is 0. The Labute approximate surface area is 356 Å². The highest BCUT2D eigenvalue weighted by atomic mass is 16.6. The van der Waals surface area contributed by atoms with Gasteiger partial charge in [0.2, 0.25) is 0 Å². The van der Waals surface area contributed by atoms with Crippen LogP contribution in [-0.4, -0.2) is 62.9 Å². The van der Waals surface area contributed by atoms with Crippen LogP contribution in [0.2, 0.25) is 0 Å². The number of unbranched alkanes of at least 4 members (excludes halogenated alkanes) is 6. The number of carbonyl (C=O) groups is 5. The molecule has 0 heterocycles. The third kappa shape index (κ3) is 18.2. The molecule has 0 spiro atoms. The van der Waals surface area contributed by atoms with Gasteiger partial charge in [-0.3, -0.25) is 0 Å². The van der Waals surface area contributed by atoms with E-state index in [9.17, 15) is 24.0 Å². The van der Waals surface area contributed by atoms with Crippen LogP contribution in [0.25, 0.3) is 6.08 Å². The monoisotopic (exact) mass is 832 g/mol. The molecule has 4 aromatic rings. The number of hydrogen-bond donors (Lipinski definition) is 0. The van der Waals surface area contributed by atoms with Crippen molar-refractivity contribution in [1.29, 1.82) is 0 Å². The summed E-state index contributed by atoms with van der Waals surface area (Å²) in [4.78, 5) is 60.7. The summed E-state index contributed by atoms with van der Waals surface area (Å²) < 4.78 is 38.3. The van der Waals surface area contributed by atoms with Crippen molar-refractivity contribution in [3.63, 3.8) is 0 Å². The third-order valence-electron chi connectivity index (χ3n) is 8.91. The minimum Gasteiger partial charge on any atom is -0.494 e. The molecule has 0 aliphatic carbocycles. The number of esters is 5. The summed E-state index contributed by atoms with van der Waals surface area (Å²) in [5.74, 6) is -1.01. The lowest BCUT2D eigenvalue weighted by atomic mass is 10.1. The van der Waals surface area contributed by atoms with Gasteiger partial charge in [-0.1, -0.05) is 55.6 Å². The molecule has 4 aromatic carbocycles. The van der Waals surface area contributed by atoms with E-state index in [0.29, 0.717) is 65.9 Å². The maximum atomic E-state index is 12.9. The van der Waals surface area contributed by atoms with Gasteiger partial charge < -0.3 is 33.2 Å². The first-order chi connectivity index (χ1) is 29.7. The summed E-state index contributed by atoms with van der Waals surface area (Å²) in [6.45, 7) is 8.30. The van der Waals surface area contributed by atoms with Gasteiger partial charge in [0.1, 0.15) is 23.9 Å². The molecule has 0 radical (unpaired) electrons. The number of ether oxygens (including phenoxy) is 7. The molecule has 0 saturated carbocycles. The van der Waals surface area contributed by atoms with Gasteiger partial charge in [-0.25, -0.2) is 24.0 Å². The standard InChI is InChI=1S/C49H52O12/c1-3-45(50)57-34-14-7-5-12-32-55-41-27-21-39(22-28-41)48(53)59-36-44(38-16-10-9-11-17-38)61-47(52)31-20-37-18-25-43(26-19-37)60-49(54)40-23-29-42(30-24-40)56-33-13-6-8-15-35-58-46(51)4-2/h3-4,9-11,16-31,44H,1-2,5-8,12-15,32-36H2/b31-20+/t44-/m0/s1. The third-order valence-corrected chi connectivity index (χ3v) is 8.91. The molecule has 0 fully saturated rings. The maximum absolute atomic E-state index is 12.9. The van der Waals surface area contributed by atoms with E-state index in [2.05, 4.69) is 13.2 Å². The molecule has 0 aliphatic rings. The summed E-state index contributed by atoms with van der Waals surface area (Å²) in [6.07, 6.45) is 11.2. The minimum absolute atomic E-state index is 0.206. The highest BCUT2D eigenvalue weighted by molar-refractivity contribution is 5.91. The summed E-state index contributed by atoms with van der Waals surface area (Å²) in [5.41, 5.74) is 1.99. The summed E-state index contributed by atoms with van der Waals surface area (Å²) >= 11 is 0. The molecule has 12 nitrogen and oxygen atoms in total. The molecule has 320 valence electrons. The van der Waals surface area contributed by atoms with E-state index in [1.165, 1.54) is 6.08 Å². The first-order valence-corrected chi connectivity index (χ1v) is 20.2. The first kappa shape index (κ1) is 46.7. The van der Waals surface area contributed by atoms with E-state index in [0.717, 1.165) is 63.5 Å². The van der Waals surface area contributed by atoms with Gasteiger partial charge in [0, 0.05) is 18.2 Å². The first-order valence-electron chi connectivity index (χ1n) is 20.2.